The van der Waals surface area contributed by atoms with Crippen molar-refractivity contribution in [2.45, 2.75) is 32.7 Å². The van der Waals surface area contributed by atoms with Crippen molar-refractivity contribution in [2.75, 3.05) is 6.54 Å². The number of aromatic amines is 1. The Balaban J connectivity index is 1.56. The Bertz CT molecular complexity index is 1220. The number of carbonyl (C=O) groups is 1. The second-order valence-electron chi connectivity index (χ2n) is 7.84. The van der Waals surface area contributed by atoms with E-state index >= 15 is 0 Å². The summed E-state index contributed by atoms with van der Waals surface area (Å²) in [6.07, 6.45) is 1.92. The molecule has 3 aromatic heterocycles. The summed E-state index contributed by atoms with van der Waals surface area (Å²) in [5.41, 5.74) is 2.40. The van der Waals surface area contributed by atoms with Crippen LogP contribution >= 0.6 is 0 Å². The summed E-state index contributed by atoms with van der Waals surface area (Å²) in [6.45, 7) is 6.92. The molecule has 4 rings (SSSR count). The molecule has 3 heterocycles. The number of hydrogen-bond donors (Lipinski definition) is 2. The number of aromatic nitrogens is 4. The molecule has 0 aliphatic carbocycles. The van der Waals surface area contributed by atoms with Crippen LogP contribution in [0.3, 0.4) is 0 Å². The highest BCUT2D eigenvalue weighted by Gasteiger charge is 2.24. The molecule has 0 radical (unpaired) electrons. The predicted molar refractivity (Wildman–Crippen MR) is 109 cm³/mol. The van der Waals surface area contributed by atoms with E-state index in [1.807, 2.05) is 53.1 Å². The fraction of sp³-hybridized carbons (Fsp3) is 0.286. The van der Waals surface area contributed by atoms with E-state index in [0.29, 0.717) is 18.8 Å². The first-order valence-electron chi connectivity index (χ1n) is 9.29. The summed E-state index contributed by atoms with van der Waals surface area (Å²) < 4.78 is 3.58. The standard InChI is InChI=1S/C21H23N5O2/c1-21(2,3)19-24-17(16-10-6-7-12-25(16)19)18(27)22-11-13-26-15-9-5-4-8-14(15)23-20(26)28/h4-10,12H,11,13H2,1-3H3,(H,22,27)(H,23,28). The van der Waals surface area contributed by atoms with Crippen molar-refractivity contribution < 1.29 is 4.79 Å². The average molecular weight is 377 g/mol. The van der Waals surface area contributed by atoms with Crippen LogP contribution in [-0.2, 0) is 12.0 Å². The molecule has 0 aliphatic rings. The molecule has 28 heavy (non-hydrogen) atoms. The Morgan fingerprint density at radius 3 is 2.61 bits per heavy atom. The van der Waals surface area contributed by atoms with Crippen molar-refractivity contribution in [1.82, 2.24) is 24.3 Å². The van der Waals surface area contributed by atoms with E-state index in [2.05, 4.69) is 36.1 Å². The molecule has 144 valence electrons. The minimum atomic E-state index is -0.243. The largest absolute Gasteiger partial charge is 0.349 e. The molecule has 7 heteroatoms. The first-order chi connectivity index (χ1) is 13.4. The summed E-state index contributed by atoms with van der Waals surface area (Å²) in [5.74, 6) is 0.591. The summed E-state index contributed by atoms with van der Waals surface area (Å²) in [5, 5.41) is 2.90. The van der Waals surface area contributed by atoms with Crippen molar-refractivity contribution in [3.63, 3.8) is 0 Å². The third-order valence-corrected chi connectivity index (χ3v) is 4.74. The molecule has 0 saturated heterocycles. The SMILES string of the molecule is CC(C)(C)c1nc(C(=O)NCCn2c(=O)[nH]c3ccccc32)c2ccccn12. The molecular formula is C21H23N5O2. The predicted octanol–water partition coefficient (Wildman–Crippen LogP) is 2.70. The Morgan fingerprint density at radius 2 is 1.82 bits per heavy atom. The summed E-state index contributed by atoms with van der Waals surface area (Å²) in [6, 6.07) is 13.2. The number of H-pyrrole nitrogens is 1. The van der Waals surface area contributed by atoms with E-state index in [-0.39, 0.29) is 17.0 Å². The van der Waals surface area contributed by atoms with Gasteiger partial charge < -0.3 is 14.7 Å². The topological polar surface area (TPSA) is 84.2 Å². The number of fused-ring (bicyclic) bond motifs is 2. The van der Waals surface area contributed by atoms with Crippen LogP contribution in [0.1, 0.15) is 37.1 Å². The molecule has 4 aromatic rings. The zero-order valence-corrected chi connectivity index (χ0v) is 16.2. The third kappa shape index (κ3) is 3.09. The van der Waals surface area contributed by atoms with Crippen LogP contribution < -0.4 is 11.0 Å². The van der Waals surface area contributed by atoms with Crippen LogP contribution in [0.4, 0.5) is 0 Å². The highest BCUT2D eigenvalue weighted by Crippen LogP contribution is 2.24. The maximum absolute atomic E-state index is 12.8. The van der Waals surface area contributed by atoms with Gasteiger partial charge in [0.2, 0.25) is 0 Å². The van der Waals surface area contributed by atoms with Gasteiger partial charge in [0.15, 0.2) is 5.69 Å². The lowest BCUT2D eigenvalue weighted by Crippen LogP contribution is -2.30. The number of hydrogen-bond acceptors (Lipinski definition) is 3. The molecule has 0 saturated carbocycles. The third-order valence-electron chi connectivity index (χ3n) is 4.74. The number of para-hydroxylation sites is 2. The van der Waals surface area contributed by atoms with Crippen LogP contribution in [0.25, 0.3) is 16.6 Å². The first kappa shape index (κ1) is 18.0. The van der Waals surface area contributed by atoms with Gasteiger partial charge in [-0.1, -0.05) is 39.0 Å². The Hall–Kier alpha value is -3.35. The van der Waals surface area contributed by atoms with E-state index in [1.165, 1.54) is 0 Å². The molecule has 7 nitrogen and oxygen atoms in total. The van der Waals surface area contributed by atoms with Gasteiger partial charge in [0.05, 0.1) is 16.6 Å². The number of carbonyl (C=O) groups excluding carboxylic acids is 1. The Morgan fingerprint density at radius 1 is 1.11 bits per heavy atom. The number of nitrogens with one attached hydrogen (secondary N) is 2. The van der Waals surface area contributed by atoms with Crippen LogP contribution in [-0.4, -0.2) is 31.4 Å². The van der Waals surface area contributed by atoms with Crippen molar-refractivity contribution in [1.29, 1.82) is 0 Å². The lowest BCUT2D eigenvalue weighted by atomic mass is 9.96. The van der Waals surface area contributed by atoms with E-state index < -0.39 is 0 Å². The lowest BCUT2D eigenvalue weighted by molar-refractivity contribution is 0.0949. The maximum atomic E-state index is 12.8. The van der Waals surface area contributed by atoms with Crippen molar-refractivity contribution in [2.24, 2.45) is 0 Å². The number of imidazole rings is 2. The van der Waals surface area contributed by atoms with E-state index in [1.54, 1.807) is 4.57 Å². The maximum Gasteiger partial charge on any atom is 0.326 e. The summed E-state index contributed by atoms with van der Waals surface area (Å²) in [7, 11) is 0. The quantitative estimate of drug-likeness (QED) is 0.573. The first-order valence-corrected chi connectivity index (χ1v) is 9.29. The van der Waals surface area contributed by atoms with Gasteiger partial charge in [-0.2, -0.15) is 0 Å². The molecule has 0 fully saturated rings. The number of rotatable bonds is 4. The van der Waals surface area contributed by atoms with Gasteiger partial charge in [-0.25, -0.2) is 9.78 Å². The van der Waals surface area contributed by atoms with Crippen molar-refractivity contribution in [3.8, 4) is 0 Å². The molecule has 0 aliphatic heterocycles. The van der Waals surface area contributed by atoms with Gasteiger partial charge in [-0.15, -0.1) is 0 Å². The molecule has 0 unspecified atom stereocenters. The minimum absolute atomic E-state index is 0.182. The van der Waals surface area contributed by atoms with Crippen LogP contribution in [0, 0.1) is 0 Å². The van der Waals surface area contributed by atoms with E-state index in [0.717, 1.165) is 22.4 Å². The van der Waals surface area contributed by atoms with Crippen LogP contribution in [0.5, 0.6) is 0 Å². The molecule has 1 aromatic carbocycles. The number of benzene rings is 1. The van der Waals surface area contributed by atoms with E-state index in [9.17, 15) is 9.59 Å². The second kappa shape index (κ2) is 6.67. The van der Waals surface area contributed by atoms with Gasteiger partial charge in [0.1, 0.15) is 5.82 Å². The number of amides is 1. The molecule has 1 amide bonds. The lowest BCUT2D eigenvalue weighted by Gasteiger charge is -2.16. The second-order valence-corrected chi connectivity index (χ2v) is 7.84. The molecule has 0 atom stereocenters. The zero-order valence-electron chi connectivity index (χ0n) is 16.2. The van der Waals surface area contributed by atoms with Gasteiger partial charge in [-0.3, -0.25) is 9.36 Å². The summed E-state index contributed by atoms with van der Waals surface area (Å²) in [4.78, 5) is 32.4. The van der Waals surface area contributed by atoms with Gasteiger partial charge >= 0.3 is 5.69 Å². The van der Waals surface area contributed by atoms with Crippen molar-refractivity contribution in [3.05, 3.63) is 70.7 Å². The highest BCUT2D eigenvalue weighted by atomic mass is 16.2. The molecule has 2 N–H and O–H groups in total. The number of nitrogens with zero attached hydrogens (tertiary/aromatic N) is 3. The normalized spacial score (nSPS) is 12.0. The molecule has 0 bridgehead atoms. The van der Waals surface area contributed by atoms with Crippen LogP contribution in [0.15, 0.2) is 53.5 Å². The van der Waals surface area contributed by atoms with Gasteiger partial charge in [-0.05, 0) is 24.3 Å². The fourth-order valence-electron chi connectivity index (χ4n) is 3.43. The fourth-order valence-corrected chi connectivity index (χ4v) is 3.43. The smallest absolute Gasteiger partial charge is 0.326 e. The highest BCUT2D eigenvalue weighted by molar-refractivity contribution is 5.99. The summed E-state index contributed by atoms with van der Waals surface area (Å²) >= 11 is 0. The average Bonchev–Trinajstić information content (AvgIpc) is 3.20. The zero-order chi connectivity index (χ0) is 19.9. The minimum Gasteiger partial charge on any atom is -0.349 e. The Kier molecular flexibility index (Phi) is 4.30. The Labute approximate surface area is 162 Å². The van der Waals surface area contributed by atoms with Gasteiger partial charge in [0, 0.05) is 24.7 Å². The van der Waals surface area contributed by atoms with E-state index in [4.69, 9.17) is 0 Å². The monoisotopic (exact) mass is 377 g/mol. The molecular weight excluding hydrogens is 354 g/mol. The van der Waals surface area contributed by atoms with Gasteiger partial charge in [0.25, 0.3) is 5.91 Å². The van der Waals surface area contributed by atoms with Crippen molar-refractivity contribution >= 4 is 22.5 Å². The molecule has 0 spiro atoms. The van der Waals surface area contributed by atoms with Crippen LogP contribution in [0.2, 0.25) is 0 Å². The number of pyridine rings is 1.